The molecule has 2 rings (SSSR count). The average molecular weight is 270 g/mol. The number of rotatable bonds is 3. The number of carboxylic acids is 1. The van der Waals surface area contributed by atoms with E-state index in [1.165, 1.54) is 11.0 Å². The number of carboxylic acid groups (broad SMARTS) is 1. The Labute approximate surface area is 116 Å². The molecule has 1 aliphatic heterocycles. The van der Waals surface area contributed by atoms with E-state index in [4.69, 9.17) is 10.4 Å². The molecule has 1 heterocycles. The quantitative estimate of drug-likeness (QED) is 0.847. The maximum atomic E-state index is 12.0. The lowest BCUT2D eigenvalue weighted by Crippen LogP contribution is -2.39. The molecule has 0 saturated carbocycles. The van der Waals surface area contributed by atoms with Gasteiger partial charge in [0.1, 0.15) is 6.04 Å². The Kier molecular flexibility index (Phi) is 4.16. The number of hydrogen-bond donors (Lipinski definition) is 1. The van der Waals surface area contributed by atoms with Gasteiger partial charge in [0, 0.05) is 12.6 Å². The Morgan fingerprint density at radius 2 is 2.05 bits per heavy atom. The van der Waals surface area contributed by atoms with Crippen LogP contribution in [0.25, 0.3) is 6.08 Å². The van der Waals surface area contributed by atoms with Crippen LogP contribution >= 0.6 is 0 Å². The molecule has 0 spiro atoms. The molecule has 1 fully saturated rings. The van der Waals surface area contributed by atoms with E-state index in [0.717, 1.165) is 5.56 Å². The molecule has 0 bridgehead atoms. The summed E-state index contributed by atoms with van der Waals surface area (Å²) < 4.78 is 0. The molecule has 1 amide bonds. The number of aliphatic carboxylic acids is 1. The molecule has 1 aromatic carbocycles. The molecule has 0 aromatic heterocycles. The maximum Gasteiger partial charge on any atom is 0.326 e. The van der Waals surface area contributed by atoms with E-state index in [9.17, 15) is 9.59 Å². The lowest BCUT2D eigenvalue weighted by molar-refractivity contribution is -0.146. The van der Waals surface area contributed by atoms with Crippen LogP contribution in [0.2, 0.25) is 0 Å². The third-order valence-corrected chi connectivity index (χ3v) is 3.28. The number of carbonyl (C=O) groups excluding carboxylic acids is 1. The van der Waals surface area contributed by atoms with Gasteiger partial charge in [-0.15, -0.1) is 0 Å². The number of carbonyl (C=O) groups is 2. The summed E-state index contributed by atoms with van der Waals surface area (Å²) in [5.74, 6) is -1.25. The van der Waals surface area contributed by atoms with Crippen molar-refractivity contribution in [3.63, 3.8) is 0 Å². The molecule has 1 N–H and O–H groups in total. The van der Waals surface area contributed by atoms with Crippen molar-refractivity contribution in [2.45, 2.75) is 18.9 Å². The fraction of sp³-hybridized carbons (Fsp3) is 0.267. The van der Waals surface area contributed by atoms with Crippen LogP contribution in [0.1, 0.15) is 24.0 Å². The number of amides is 1. The zero-order valence-electron chi connectivity index (χ0n) is 10.8. The Morgan fingerprint density at radius 1 is 1.35 bits per heavy atom. The van der Waals surface area contributed by atoms with E-state index in [1.807, 2.05) is 6.07 Å². The summed E-state index contributed by atoms with van der Waals surface area (Å²) in [4.78, 5) is 24.4. The van der Waals surface area contributed by atoms with E-state index in [1.54, 1.807) is 30.3 Å². The van der Waals surface area contributed by atoms with Crippen molar-refractivity contribution in [3.05, 3.63) is 41.5 Å². The van der Waals surface area contributed by atoms with Crippen molar-refractivity contribution in [2.24, 2.45) is 0 Å². The smallest absolute Gasteiger partial charge is 0.326 e. The molecule has 0 aliphatic carbocycles. The van der Waals surface area contributed by atoms with Gasteiger partial charge in [-0.1, -0.05) is 12.1 Å². The monoisotopic (exact) mass is 270 g/mol. The van der Waals surface area contributed by atoms with Gasteiger partial charge < -0.3 is 10.0 Å². The third kappa shape index (κ3) is 3.04. The number of nitrogens with zero attached hydrogens (tertiary/aromatic N) is 2. The van der Waals surface area contributed by atoms with Crippen LogP contribution in [0, 0.1) is 11.3 Å². The molecule has 0 radical (unpaired) electrons. The molecular formula is C15H14N2O3. The van der Waals surface area contributed by atoms with Crippen LogP contribution in [-0.4, -0.2) is 34.5 Å². The second kappa shape index (κ2) is 6.02. The number of likely N-dealkylation sites (tertiary alicyclic amines) is 1. The zero-order chi connectivity index (χ0) is 14.5. The first-order chi connectivity index (χ1) is 9.61. The van der Waals surface area contributed by atoms with Gasteiger partial charge in [0.15, 0.2) is 0 Å². The van der Waals surface area contributed by atoms with Gasteiger partial charge in [0.2, 0.25) is 5.91 Å². The molecule has 1 aromatic rings. The molecule has 5 nitrogen and oxygen atoms in total. The summed E-state index contributed by atoms with van der Waals surface area (Å²) in [6, 6.07) is 8.11. The first-order valence-corrected chi connectivity index (χ1v) is 6.33. The van der Waals surface area contributed by atoms with Crippen molar-refractivity contribution in [1.29, 1.82) is 5.26 Å². The van der Waals surface area contributed by atoms with Crippen LogP contribution in [0.3, 0.4) is 0 Å². The number of hydrogen-bond acceptors (Lipinski definition) is 3. The molecule has 0 unspecified atom stereocenters. The summed E-state index contributed by atoms with van der Waals surface area (Å²) in [6.45, 7) is 0.480. The first kappa shape index (κ1) is 13.8. The fourth-order valence-electron chi connectivity index (χ4n) is 2.22. The van der Waals surface area contributed by atoms with Gasteiger partial charge in [-0.2, -0.15) is 5.26 Å². The van der Waals surface area contributed by atoms with Gasteiger partial charge in [-0.05, 0) is 36.6 Å². The molecule has 20 heavy (non-hydrogen) atoms. The van der Waals surface area contributed by atoms with Crippen molar-refractivity contribution in [1.82, 2.24) is 4.90 Å². The molecular weight excluding hydrogens is 256 g/mol. The minimum Gasteiger partial charge on any atom is -0.480 e. The Hall–Kier alpha value is -2.61. The molecule has 1 atom stereocenters. The van der Waals surface area contributed by atoms with Gasteiger partial charge in [-0.3, -0.25) is 4.79 Å². The Bertz CT molecular complexity index is 584. The lowest BCUT2D eigenvalue weighted by atomic mass is 10.1. The zero-order valence-corrected chi connectivity index (χ0v) is 10.8. The van der Waals surface area contributed by atoms with E-state index < -0.39 is 12.0 Å². The predicted molar refractivity (Wildman–Crippen MR) is 72.6 cm³/mol. The largest absolute Gasteiger partial charge is 0.480 e. The van der Waals surface area contributed by atoms with E-state index in [-0.39, 0.29) is 5.91 Å². The highest BCUT2D eigenvalue weighted by atomic mass is 16.4. The summed E-state index contributed by atoms with van der Waals surface area (Å²) in [5, 5.41) is 17.7. The van der Waals surface area contributed by atoms with Crippen molar-refractivity contribution in [3.8, 4) is 6.07 Å². The topological polar surface area (TPSA) is 81.4 Å². The van der Waals surface area contributed by atoms with Crippen LogP contribution in [-0.2, 0) is 9.59 Å². The van der Waals surface area contributed by atoms with Crippen molar-refractivity contribution in [2.75, 3.05) is 6.54 Å². The average Bonchev–Trinajstić information content (AvgIpc) is 2.95. The molecule has 102 valence electrons. The van der Waals surface area contributed by atoms with E-state index >= 15 is 0 Å². The number of nitriles is 1. The van der Waals surface area contributed by atoms with Gasteiger partial charge in [-0.25, -0.2) is 4.79 Å². The highest BCUT2D eigenvalue weighted by molar-refractivity contribution is 5.94. The maximum absolute atomic E-state index is 12.0. The minimum atomic E-state index is -0.956. The second-order valence-corrected chi connectivity index (χ2v) is 4.60. The Morgan fingerprint density at radius 3 is 2.65 bits per heavy atom. The molecule has 1 aliphatic rings. The van der Waals surface area contributed by atoms with Crippen LogP contribution in [0.15, 0.2) is 30.3 Å². The normalized spacial score (nSPS) is 18.1. The molecule has 1 saturated heterocycles. The molecule has 5 heteroatoms. The van der Waals surface area contributed by atoms with Crippen molar-refractivity contribution >= 4 is 18.0 Å². The van der Waals surface area contributed by atoms with E-state index in [2.05, 4.69) is 0 Å². The summed E-state index contributed by atoms with van der Waals surface area (Å²) in [6.07, 6.45) is 4.22. The van der Waals surface area contributed by atoms with Gasteiger partial charge in [0.05, 0.1) is 11.6 Å². The van der Waals surface area contributed by atoms with Gasteiger partial charge in [0.25, 0.3) is 0 Å². The summed E-state index contributed by atoms with van der Waals surface area (Å²) in [7, 11) is 0. The van der Waals surface area contributed by atoms with Crippen molar-refractivity contribution < 1.29 is 14.7 Å². The SMILES string of the molecule is N#Cc1ccc(C=CC(=O)N2CCC[C@@H]2C(=O)O)cc1. The van der Waals surface area contributed by atoms with E-state index in [0.29, 0.717) is 24.9 Å². The first-order valence-electron chi connectivity index (χ1n) is 6.33. The fourth-order valence-corrected chi connectivity index (χ4v) is 2.22. The van der Waals surface area contributed by atoms with Gasteiger partial charge >= 0.3 is 5.97 Å². The van der Waals surface area contributed by atoms with Crippen LogP contribution in [0.5, 0.6) is 0 Å². The highest BCUT2D eigenvalue weighted by Crippen LogP contribution is 2.18. The highest BCUT2D eigenvalue weighted by Gasteiger charge is 2.32. The minimum absolute atomic E-state index is 0.292. The second-order valence-electron chi connectivity index (χ2n) is 4.60. The number of benzene rings is 1. The van der Waals surface area contributed by atoms with Crippen LogP contribution < -0.4 is 0 Å². The summed E-state index contributed by atoms with van der Waals surface area (Å²) in [5.41, 5.74) is 1.35. The summed E-state index contributed by atoms with van der Waals surface area (Å²) >= 11 is 0. The van der Waals surface area contributed by atoms with Crippen LogP contribution in [0.4, 0.5) is 0 Å². The predicted octanol–water partition coefficient (Wildman–Crippen LogP) is 1.65. The Balaban J connectivity index is 2.05. The standard InChI is InChI=1S/C15H14N2O3/c16-10-12-5-3-11(4-6-12)7-8-14(18)17-9-1-2-13(17)15(19)20/h3-8,13H,1-2,9H2,(H,19,20)/t13-/m1/s1. The third-order valence-electron chi connectivity index (χ3n) is 3.28. The lowest BCUT2D eigenvalue weighted by Gasteiger charge is -2.19.